The number of nitrogens with two attached hydrogens (primary N) is 1. The van der Waals surface area contributed by atoms with Crippen molar-refractivity contribution in [1.29, 1.82) is 0 Å². The molecule has 6 nitrogen and oxygen atoms in total. The maximum Gasteiger partial charge on any atom is 0.293 e. The summed E-state index contributed by atoms with van der Waals surface area (Å²) in [5.74, 6) is 5.34. The minimum atomic E-state index is -0.439. The van der Waals surface area contributed by atoms with E-state index in [9.17, 15) is 10.1 Å². The summed E-state index contributed by atoms with van der Waals surface area (Å²) in [6.45, 7) is 8.18. The van der Waals surface area contributed by atoms with Crippen molar-refractivity contribution >= 4 is 11.4 Å². The second-order valence-electron chi connectivity index (χ2n) is 4.82. The molecule has 19 heavy (non-hydrogen) atoms. The molecular weight excluding hydrogens is 244 g/mol. The van der Waals surface area contributed by atoms with Crippen LogP contribution in [0.25, 0.3) is 0 Å². The molecule has 0 heterocycles. The molecule has 0 atom stereocenters. The van der Waals surface area contributed by atoms with Crippen molar-refractivity contribution in [3.63, 3.8) is 0 Å². The Kier molecular flexibility index (Phi) is 5.72. The number of nitrogen functional groups attached to an aromatic ring is 1. The summed E-state index contributed by atoms with van der Waals surface area (Å²) in [7, 11) is 0. The van der Waals surface area contributed by atoms with E-state index in [1.807, 2.05) is 0 Å². The van der Waals surface area contributed by atoms with Gasteiger partial charge in [0.25, 0.3) is 5.69 Å². The summed E-state index contributed by atoms with van der Waals surface area (Å²) in [4.78, 5) is 12.7. The zero-order valence-corrected chi connectivity index (χ0v) is 11.7. The van der Waals surface area contributed by atoms with Crippen LogP contribution in [-0.2, 0) is 6.54 Å². The number of nitrogens with one attached hydrogen (secondary N) is 1. The number of nitrogens with zero attached hydrogens (tertiary/aromatic N) is 2. The fourth-order valence-corrected chi connectivity index (χ4v) is 2.00. The van der Waals surface area contributed by atoms with E-state index >= 15 is 0 Å². The Labute approximate surface area is 113 Å². The maximum atomic E-state index is 10.8. The lowest BCUT2D eigenvalue weighted by molar-refractivity contribution is -0.384. The molecule has 6 heteroatoms. The van der Waals surface area contributed by atoms with Crippen molar-refractivity contribution in [2.45, 2.75) is 39.8 Å². The first-order valence-corrected chi connectivity index (χ1v) is 6.47. The van der Waals surface area contributed by atoms with Crippen LogP contribution in [0.5, 0.6) is 0 Å². The molecule has 0 bridgehead atoms. The van der Waals surface area contributed by atoms with Crippen molar-refractivity contribution in [2.75, 3.05) is 12.0 Å². The summed E-state index contributed by atoms with van der Waals surface area (Å²) in [6, 6.07) is 5.45. The van der Waals surface area contributed by atoms with Crippen molar-refractivity contribution in [2.24, 2.45) is 5.84 Å². The summed E-state index contributed by atoms with van der Waals surface area (Å²) >= 11 is 0. The highest BCUT2D eigenvalue weighted by atomic mass is 16.6. The van der Waals surface area contributed by atoms with E-state index < -0.39 is 4.92 Å². The zero-order chi connectivity index (χ0) is 14.4. The van der Waals surface area contributed by atoms with E-state index in [1.165, 1.54) is 6.07 Å². The van der Waals surface area contributed by atoms with Gasteiger partial charge in [0.2, 0.25) is 0 Å². The number of anilines is 1. The summed E-state index contributed by atoms with van der Waals surface area (Å²) < 4.78 is 0. The number of nitro groups is 1. The Hall–Kier alpha value is -1.66. The quantitative estimate of drug-likeness (QED) is 0.450. The number of hydrazine groups is 1. The highest BCUT2D eigenvalue weighted by Gasteiger charge is 2.15. The minimum Gasteiger partial charge on any atom is -0.318 e. The molecule has 1 aromatic carbocycles. The predicted molar refractivity (Wildman–Crippen MR) is 76.7 cm³/mol. The minimum absolute atomic E-state index is 0.00200. The molecule has 0 saturated carbocycles. The van der Waals surface area contributed by atoms with Crippen molar-refractivity contribution < 1.29 is 4.92 Å². The largest absolute Gasteiger partial charge is 0.318 e. The number of hydrogen-bond acceptors (Lipinski definition) is 5. The smallest absolute Gasteiger partial charge is 0.293 e. The van der Waals surface area contributed by atoms with Gasteiger partial charge in [0.1, 0.15) is 5.69 Å². The lowest BCUT2D eigenvalue weighted by Crippen LogP contribution is -2.31. The van der Waals surface area contributed by atoms with E-state index in [0.717, 1.165) is 25.1 Å². The number of benzene rings is 1. The van der Waals surface area contributed by atoms with Crippen LogP contribution in [0.4, 0.5) is 11.4 Å². The van der Waals surface area contributed by atoms with Gasteiger partial charge in [-0.1, -0.05) is 13.0 Å². The van der Waals surface area contributed by atoms with E-state index in [1.54, 1.807) is 12.1 Å². The van der Waals surface area contributed by atoms with Crippen molar-refractivity contribution in [1.82, 2.24) is 4.90 Å². The Morgan fingerprint density at radius 3 is 2.63 bits per heavy atom. The summed E-state index contributed by atoms with van der Waals surface area (Å²) in [6.07, 6.45) is 1.08. The zero-order valence-electron chi connectivity index (χ0n) is 11.7. The lowest BCUT2D eigenvalue weighted by atomic mass is 10.1. The molecule has 0 amide bonds. The Balaban J connectivity index is 2.92. The molecule has 0 fully saturated rings. The third kappa shape index (κ3) is 4.18. The number of rotatable bonds is 7. The van der Waals surface area contributed by atoms with E-state index in [0.29, 0.717) is 11.7 Å². The highest BCUT2D eigenvalue weighted by molar-refractivity contribution is 5.62. The molecule has 0 aliphatic carbocycles. The number of nitro benzene ring substituents is 1. The average molecular weight is 266 g/mol. The summed E-state index contributed by atoms with van der Waals surface area (Å²) in [5.41, 5.74) is 3.75. The summed E-state index contributed by atoms with van der Waals surface area (Å²) in [5, 5.41) is 10.8. The SMILES string of the molecule is CCCN(Cc1ccc([N+](=O)[O-])c(NN)c1)C(C)C. The second kappa shape index (κ2) is 7.06. The van der Waals surface area contributed by atoms with Crippen LogP contribution in [0.1, 0.15) is 32.8 Å². The molecule has 0 radical (unpaired) electrons. The molecule has 106 valence electrons. The topological polar surface area (TPSA) is 84.4 Å². The molecule has 0 aromatic heterocycles. The van der Waals surface area contributed by atoms with Gasteiger partial charge in [0, 0.05) is 18.7 Å². The van der Waals surface area contributed by atoms with Gasteiger partial charge in [-0.3, -0.25) is 20.9 Å². The normalized spacial score (nSPS) is 11.1. The van der Waals surface area contributed by atoms with Gasteiger partial charge in [0.05, 0.1) is 4.92 Å². The van der Waals surface area contributed by atoms with Crippen molar-refractivity contribution in [3.05, 3.63) is 33.9 Å². The standard InChI is InChI=1S/C13H22N4O2/c1-4-7-16(10(2)3)9-11-5-6-13(17(18)19)12(8-11)15-14/h5-6,8,10,15H,4,7,9,14H2,1-3H3. The van der Waals surface area contributed by atoms with Crippen LogP contribution in [0, 0.1) is 10.1 Å². The van der Waals surface area contributed by atoms with Gasteiger partial charge in [-0.05, 0) is 38.4 Å². The molecule has 3 N–H and O–H groups in total. The predicted octanol–water partition coefficient (Wildman–Crippen LogP) is 2.50. The van der Waals surface area contributed by atoms with E-state index in [2.05, 4.69) is 31.1 Å². The fourth-order valence-electron chi connectivity index (χ4n) is 2.00. The van der Waals surface area contributed by atoms with Gasteiger partial charge in [-0.15, -0.1) is 0 Å². The first-order valence-electron chi connectivity index (χ1n) is 6.47. The monoisotopic (exact) mass is 266 g/mol. The first-order chi connectivity index (χ1) is 8.99. The molecular formula is C13H22N4O2. The average Bonchev–Trinajstić information content (AvgIpc) is 2.37. The highest BCUT2D eigenvalue weighted by Crippen LogP contribution is 2.25. The van der Waals surface area contributed by atoms with Gasteiger partial charge >= 0.3 is 0 Å². The van der Waals surface area contributed by atoms with Crippen LogP contribution in [0.15, 0.2) is 18.2 Å². The van der Waals surface area contributed by atoms with Gasteiger partial charge in [-0.25, -0.2) is 0 Å². The van der Waals surface area contributed by atoms with E-state index in [-0.39, 0.29) is 5.69 Å². The third-order valence-corrected chi connectivity index (χ3v) is 3.04. The van der Waals surface area contributed by atoms with Crippen LogP contribution in [-0.4, -0.2) is 22.4 Å². The molecule has 1 aromatic rings. The maximum absolute atomic E-state index is 10.8. The van der Waals surface area contributed by atoms with Crippen LogP contribution in [0.2, 0.25) is 0 Å². The Morgan fingerprint density at radius 2 is 2.16 bits per heavy atom. The third-order valence-electron chi connectivity index (χ3n) is 3.04. The first kappa shape index (κ1) is 15.4. The van der Waals surface area contributed by atoms with Gasteiger partial charge < -0.3 is 5.43 Å². The molecule has 0 aliphatic heterocycles. The van der Waals surface area contributed by atoms with E-state index in [4.69, 9.17) is 5.84 Å². The fraction of sp³-hybridized carbons (Fsp3) is 0.538. The molecule has 0 aliphatic rings. The molecule has 1 rings (SSSR count). The van der Waals surface area contributed by atoms with Gasteiger partial charge in [-0.2, -0.15) is 0 Å². The molecule has 0 unspecified atom stereocenters. The number of hydrogen-bond donors (Lipinski definition) is 2. The van der Waals surface area contributed by atoms with Crippen molar-refractivity contribution in [3.8, 4) is 0 Å². The molecule has 0 saturated heterocycles. The second-order valence-corrected chi connectivity index (χ2v) is 4.82. The lowest BCUT2D eigenvalue weighted by Gasteiger charge is -2.26. The Bertz CT molecular complexity index is 435. The van der Waals surface area contributed by atoms with Crippen LogP contribution < -0.4 is 11.3 Å². The molecule has 0 spiro atoms. The van der Waals surface area contributed by atoms with Crippen LogP contribution in [0.3, 0.4) is 0 Å². The van der Waals surface area contributed by atoms with Gasteiger partial charge in [0.15, 0.2) is 0 Å². The van der Waals surface area contributed by atoms with Crippen LogP contribution >= 0.6 is 0 Å². The Morgan fingerprint density at radius 1 is 1.47 bits per heavy atom.